The van der Waals surface area contributed by atoms with E-state index in [9.17, 15) is 0 Å². The van der Waals surface area contributed by atoms with Crippen LogP contribution in [-0.4, -0.2) is 51.0 Å². The van der Waals surface area contributed by atoms with E-state index in [0.29, 0.717) is 0 Å². The zero-order valence-corrected chi connectivity index (χ0v) is 9.11. The molecule has 74 valence electrons. The van der Waals surface area contributed by atoms with E-state index >= 15 is 0 Å². The maximum Gasteiger partial charge on any atom is 0.205 e. The Morgan fingerprint density at radius 3 is 2.31 bits per heavy atom. The van der Waals surface area contributed by atoms with Crippen molar-refractivity contribution in [2.45, 2.75) is 0 Å². The zero-order chi connectivity index (χ0) is 10.3. The SMILES string of the molecule is CO/C(C=[N+](C)C)=C\C=C\N(C)C. The molecule has 0 atom stereocenters. The van der Waals surface area contributed by atoms with Crippen molar-refractivity contribution in [1.29, 1.82) is 0 Å². The molecule has 0 aromatic heterocycles. The summed E-state index contributed by atoms with van der Waals surface area (Å²) >= 11 is 0. The molecule has 0 bridgehead atoms. The lowest BCUT2D eigenvalue weighted by Crippen LogP contribution is -2.03. The molecule has 3 heteroatoms. The fourth-order valence-corrected chi connectivity index (χ4v) is 0.728. The number of ether oxygens (including phenoxy) is 1. The topological polar surface area (TPSA) is 15.5 Å². The highest BCUT2D eigenvalue weighted by Crippen LogP contribution is 1.91. The van der Waals surface area contributed by atoms with Gasteiger partial charge in [-0.3, -0.25) is 0 Å². The number of allylic oxidation sites excluding steroid dienone is 3. The maximum absolute atomic E-state index is 5.14. The lowest BCUT2D eigenvalue weighted by atomic mass is 10.4. The van der Waals surface area contributed by atoms with Crippen LogP contribution in [0.25, 0.3) is 0 Å². The van der Waals surface area contributed by atoms with Gasteiger partial charge < -0.3 is 9.64 Å². The highest BCUT2D eigenvalue weighted by molar-refractivity contribution is 5.71. The van der Waals surface area contributed by atoms with E-state index in [1.54, 1.807) is 7.11 Å². The number of methoxy groups -OCH3 is 1. The highest BCUT2D eigenvalue weighted by atomic mass is 16.5. The molecule has 0 radical (unpaired) electrons. The van der Waals surface area contributed by atoms with Gasteiger partial charge >= 0.3 is 0 Å². The predicted octanol–water partition coefficient (Wildman–Crippen LogP) is 0.935. The van der Waals surface area contributed by atoms with Gasteiger partial charge in [0.05, 0.1) is 7.11 Å². The molecule has 0 rings (SSSR count). The maximum atomic E-state index is 5.14. The molecule has 0 saturated carbocycles. The van der Waals surface area contributed by atoms with Gasteiger partial charge in [-0.2, -0.15) is 0 Å². The van der Waals surface area contributed by atoms with Crippen LogP contribution in [0.15, 0.2) is 24.1 Å². The van der Waals surface area contributed by atoms with Crippen molar-refractivity contribution in [3.63, 3.8) is 0 Å². The van der Waals surface area contributed by atoms with Gasteiger partial charge in [-0.1, -0.05) is 0 Å². The second kappa shape index (κ2) is 6.29. The average Bonchev–Trinajstić information content (AvgIpc) is 2.01. The van der Waals surface area contributed by atoms with E-state index in [1.807, 2.05) is 62.2 Å². The Bertz CT molecular complexity index is 223. The summed E-state index contributed by atoms with van der Waals surface area (Å²) in [6, 6.07) is 0. The third-order valence-corrected chi connectivity index (χ3v) is 1.27. The van der Waals surface area contributed by atoms with E-state index in [1.165, 1.54) is 0 Å². The Hall–Kier alpha value is -1.25. The van der Waals surface area contributed by atoms with Crippen molar-refractivity contribution in [3.05, 3.63) is 24.1 Å². The molecule has 0 unspecified atom stereocenters. The zero-order valence-electron chi connectivity index (χ0n) is 9.11. The number of hydrogen-bond acceptors (Lipinski definition) is 2. The second-order valence-electron chi connectivity index (χ2n) is 3.17. The number of hydrogen-bond donors (Lipinski definition) is 0. The molecule has 0 aliphatic carbocycles. The predicted molar refractivity (Wildman–Crippen MR) is 56.1 cm³/mol. The molecule has 0 fully saturated rings. The Morgan fingerprint density at radius 2 is 1.92 bits per heavy atom. The monoisotopic (exact) mass is 183 g/mol. The van der Waals surface area contributed by atoms with Crippen LogP contribution in [-0.2, 0) is 4.74 Å². The first-order valence-corrected chi connectivity index (χ1v) is 4.16. The standard InChI is InChI=1S/C10H19N2O/c1-11(2)8-6-7-10(13-5)9-12(3)4/h6-9H,1-5H3/q+1. The fourth-order valence-electron chi connectivity index (χ4n) is 0.728. The summed E-state index contributed by atoms with van der Waals surface area (Å²) in [5, 5.41) is 0. The van der Waals surface area contributed by atoms with Crippen molar-refractivity contribution in [3.8, 4) is 0 Å². The summed E-state index contributed by atoms with van der Waals surface area (Å²) < 4.78 is 7.08. The summed E-state index contributed by atoms with van der Waals surface area (Å²) in [6.07, 6.45) is 7.74. The quantitative estimate of drug-likeness (QED) is 0.279. The first-order valence-electron chi connectivity index (χ1n) is 4.16. The van der Waals surface area contributed by atoms with Crippen LogP contribution in [0.2, 0.25) is 0 Å². The largest absolute Gasteiger partial charge is 0.491 e. The molecule has 3 nitrogen and oxygen atoms in total. The second-order valence-corrected chi connectivity index (χ2v) is 3.17. The van der Waals surface area contributed by atoms with Crippen LogP contribution in [0.5, 0.6) is 0 Å². The van der Waals surface area contributed by atoms with Crippen LogP contribution in [0.4, 0.5) is 0 Å². The van der Waals surface area contributed by atoms with Gasteiger partial charge in [0.1, 0.15) is 14.1 Å². The van der Waals surface area contributed by atoms with Crippen molar-refractivity contribution >= 4 is 6.21 Å². The van der Waals surface area contributed by atoms with Crippen LogP contribution in [0.1, 0.15) is 0 Å². The van der Waals surface area contributed by atoms with Crippen LogP contribution >= 0.6 is 0 Å². The van der Waals surface area contributed by atoms with Gasteiger partial charge in [-0.25, -0.2) is 4.58 Å². The molecular formula is C10H19N2O+. The highest BCUT2D eigenvalue weighted by Gasteiger charge is 1.93. The molecular weight excluding hydrogens is 164 g/mol. The summed E-state index contributed by atoms with van der Waals surface area (Å²) in [5.74, 6) is 0.836. The first kappa shape index (κ1) is 11.8. The van der Waals surface area contributed by atoms with E-state index < -0.39 is 0 Å². The third-order valence-electron chi connectivity index (χ3n) is 1.27. The van der Waals surface area contributed by atoms with Gasteiger partial charge in [0, 0.05) is 14.1 Å². The molecule has 0 heterocycles. The molecule has 0 aliphatic rings. The number of rotatable bonds is 4. The van der Waals surface area contributed by atoms with Crippen LogP contribution in [0.3, 0.4) is 0 Å². The molecule has 13 heavy (non-hydrogen) atoms. The van der Waals surface area contributed by atoms with Crippen molar-refractivity contribution in [2.75, 3.05) is 35.3 Å². The summed E-state index contributed by atoms with van der Waals surface area (Å²) in [6.45, 7) is 0. The van der Waals surface area contributed by atoms with Crippen molar-refractivity contribution in [1.82, 2.24) is 4.90 Å². The molecule has 0 spiro atoms. The van der Waals surface area contributed by atoms with Crippen LogP contribution in [0, 0.1) is 0 Å². The van der Waals surface area contributed by atoms with E-state index in [4.69, 9.17) is 4.74 Å². The van der Waals surface area contributed by atoms with E-state index in [0.717, 1.165) is 5.76 Å². The Balaban J connectivity index is 4.32. The van der Waals surface area contributed by atoms with Gasteiger partial charge in [0.15, 0.2) is 5.76 Å². The van der Waals surface area contributed by atoms with Gasteiger partial charge in [-0.05, 0) is 18.4 Å². The smallest absolute Gasteiger partial charge is 0.205 e. The molecule has 0 amide bonds. The Labute approximate surface area is 80.6 Å². The first-order chi connectivity index (χ1) is 6.06. The molecule has 0 saturated heterocycles. The summed E-state index contributed by atoms with van der Waals surface area (Å²) in [7, 11) is 9.54. The summed E-state index contributed by atoms with van der Waals surface area (Å²) in [4.78, 5) is 1.97. The van der Waals surface area contributed by atoms with Crippen LogP contribution < -0.4 is 0 Å². The van der Waals surface area contributed by atoms with Gasteiger partial charge in [0.2, 0.25) is 6.21 Å². The molecule has 0 aromatic rings. The number of nitrogens with zero attached hydrogens (tertiary/aromatic N) is 2. The summed E-state index contributed by atoms with van der Waals surface area (Å²) in [5.41, 5.74) is 0. The molecule has 0 N–H and O–H groups in total. The molecule has 0 aromatic carbocycles. The van der Waals surface area contributed by atoms with Gasteiger partial charge in [0.25, 0.3) is 0 Å². The third kappa shape index (κ3) is 7.12. The van der Waals surface area contributed by atoms with Crippen molar-refractivity contribution in [2.24, 2.45) is 0 Å². The minimum atomic E-state index is 0.836. The normalized spacial score (nSPS) is 11.6. The van der Waals surface area contributed by atoms with E-state index in [-0.39, 0.29) is 0 Å². The fraction of sp³-hybridized carbons (Fsp3) is 0.500. The molecule has 0 aliphatic heterocycles. The Morgan fingerprint density at radius 1 is 1.31 bits per heavy atom. The lowest BCUT2D eigenvalue weighted by molar-refractivity contribution is -0.459. The Kier molecular flexibility index (Phi) is 5.68. The van der Waals surface area contributed by atoms with Gasteiger partial charge in [-0.15, -0.1) is 0 Å². The minimum Gasteiger partial charge on any atom is -0.491 e. The lowest BCUT2D eigenvalue weighted by Gasteiger charge is -2.01. The van der Waals surface area contributed by atoms with E-state index in [2.05, 4.69) is 0 Å². The van der Waals surface area contributed by atoms with Crippen molar-refractivity contribution < 1.29 is 9.31 Å². The minimum absolute atomic E-state index is 0.836. The average molecular weight is 183 g/mol.